The number of halogens is 4. The van der Waals surface area contributed by atoms with Gasteiger partial charge in [-0.2, -0.15) is 0 Å². The number of nitrogens with two attached hydrogens (primary N) is 1. The molecule has 0 amide bonds. The topological polar surface area (TPSA) is 60.2 Å². The molecule has 0 aliphatic carbocycles. The third-order valence-electron chi connectivity index (χ3n) is 2.29. The quantitative estimate of drug-likeness (QED) is 0.878. The molecule has 0 aliphatic heterocycles. The zero-order valence-corrected chi connectivity index (χ0v) is 11.5. The van der Waals surface area contributed by atoms with Crippen LogP contribution in [0.3, 0.4) is 0 Å². The molecule has 20 heavy (non-hydrogen) atoms. The first-order chi connectivity index (χ1) is 9.35. The fourth-order valence-electron chi connectivity index (χ4n) is 1.47. The molecule has 4 nitrogen and oxygen atoms in total. The summed E-state index contributed by atoms with van der Waals surface area (Å²) in [6, 6.07) is 5.80. The summed E-state index contributed by atoms with van der Waals surface area (Å²) in [7, 11) is 0. The number of ether oxygens (including phenoxy) is 1. The van der Waals surface area contributed by atoms with Gasteiger partial charge in [-0.05, 0) is 24.3 Å². The summed E-state index contributed by atoms with van der Waals surface area (Å²) in [6.07, 6.45) is -1.91. The van der Waals surface area contributed by atoms with Crippen molar-refractivity contribution in [2.45, 2.75) is 6.36 Å². The molecule has 0 unspecified atom stereocenters. The van der Waals surface area contributed by atoms with Crippen LogP contribution in [0.1, 0.15) is 0 Å². The second kappa shape index (κ2) is 5.58. The lowest BCUT2D eigenvalue weighted by molar-refractivity contribution is -0.274. The van der Waals surface area contributed by atoms with Crippen LogP contribution in [0.2, 0.25) is 0 Å². The number of hydrogen-bond acceptors (Lipinski definition) is 4. The highest BCUT2D eigenvalue weighted by Gasteiger charge is 2.32. The molecule has 2 aromatic rings. The van der Waals surface area contributed by atoms with Gasteiger partial charge in [-0.3, -0.25) is 4.98 Å². The lowest BCUT2D eigenvalue weighted by Gasteiger charge is -2.15. The lowest BCUT2D eigenvalue weighted by atomic mass is 10.2. The molecule has 3 N–H and O–H groups in total. The largest absolute Gasteiger partial charge is 0.573 e. The Morgan fingerprint density at radius 1 is 1.20 bits per heavy atom. The van der Waals surface area contributed by atoms with Crippen LogP contribution in [-0.2, 0) is 0 Å². The maximum Gasteiger partial charge on any atom is 0.573 e. The van der Waals surface area contributed by atoms with E-state index < -0.39 is 6.36 Å². The van der Waals surface area contributed by atoms with Crippen molar-refractivity contribution in [1.82, 2.24) is 4.98 Å². The van der Waals surface area contributed by atoms with Gasteiger partial charge in [0.15, 0.2) is 5.75 Å². The van der Waals surface area contributed by atoms with E-state index in [1.165, 1.54) is 24.5 Å². The van der Waals surface area contributed by atoms with Gasteiger partial charge < -0.3 is 15.8 Å². The van der Waals surface area contributed by atoms with E-state index in [0.717, 1.165) is 0 Å². The van der Waals surface area contributed by atoms with Crippen LogP contribution < -0.4 is 15.8 Å². The number of pyridine rings is 1. The number of aromatic nitrogens is 1. The maximum atomic E-state index is 12.4. The van der Waals surface area contributed by atoms with E-state index in [1.807, 2.05) is 0 Å². The third kappa shape index (κ3) is 3.77. The van der Waals surface area contributed by atoms with E-state index in [0.29, 0.717) is 15.8 Å². The Morgan fingerprint density at radius 3 is 2.60 bits per heavy atom. The fraction of sp³-hybridized carbons (Fsp3) is 0.0833. The van der Waals surface area contributed by atoms with E-state index in [9.17, 15) is 13.2 Å². The smallest absolute Gasteiger partial charge is 0.404 e. The average molecular weight is 348 g/mol. The average Bonchev–Trinajstić information content (AvgIpc) is 2.33. The molecule has 106 valence electrons. The monoisotopic (exact) mass is 347 g/mol. The molecule has 0 bridgehead atoms. The van der Waals surface area contributed by atoms with Gasteiger partial charge >= 0.3 is 6.36 Å². The number of benzene rings is 1. The summed E-state index contributed by atoms with van der Waals surface area (Å²) >= 11 is 3.09. The fourth-order valence-corrected chi connectivity index (χ4v) is 1.81. The first kappa shape index (κ1) is 14.4. The minimum atomic E-state index is -4.78. The molecule has 0 radical (unpaired) electrons. The summed E-state index contributed by atoms with van der Waals surface area (Å²) in [5.41, 5.74) is 6.57. The molecule has 0 atom stereocenters. The van der Waals surface area contributed by atoms with Crippen LogP contribution in [-0.4, -0.2) is 11.3 Å². The Bertz CT molecular complexity index is 619. The van der Waals surface area contributed by atoms with Crippen LogP contribution in [0.4, 0.5) is 30.2 Å². The Labute approximate surface area is 120 Å². The van der Waals surface area contributed by atoms with E-state index in [-0.39, 0.29) is 11.4 Å². The molecule has 2 rings (SSSR count). The number of hydrogen-bond donors (Lipinski definition) is 2. The zero-order chi connectivity index (χ0) is 14.8. The molecule has 0 aliphatic rings. The number of nitrogens with one attached hydrogen (secondary N) is 1. The van der Waals surface area contributed by atoms with Gasteiger partial charge in [-0.1, -0.05) is 15.9 Å². The van der Waals surface area contributed by atoms with Gasteiger partial charge in [0, 0.05) is 10.7 Å². The summed E-state index contributed by atoms with van der Waals surface area (Å²) in [5, 5.41) is 2.78. The second-order valence-corrected chi connectivity index (χ2v) is 4.69. The van der Waals surface area contributed by atoms with Crippen LogP contribution in [0, 0.1) is 0 Å². The van der Waals surface area contributed by atoms with E-state index >= 15 is 0 Å². The summed E-state index contributed by atoms with van der Waals surface area (Å²) in [4.78, 5) is 3.80. The van der Waals surface area contributed by atoms with Gasteiger partial charge in [0.1, 0.15) is 0 Å². The molecule has 8 heteroatoms. The third-order valence-corrected chi connectivity index (χ3v) is 2.78. The van der Waals surface area contributed by atoms with E-state index in [1.54, 1.807) is 12.1 Å². The SMILES string of the molecule is Nc1cnccc1Nc1ccc(Br)cc1OC(F)(F)F. The van der Waals surface area contributed by atoms with Crippen molar-refractivity contribution in [3.63, 3.8) is 0 Å². The van der Waals surface area contributed by atoms with Crippen LogP contribution in [0.25, 0.3) is 0 Å². The van der Waals surface area contributed by atoms with Crippen molar-refractivity contribution in [2.24, 2.45) is 0 Å². The molecule has 1 aromatic heterocycles. The predicted molar refractivity (Wildman–Crippen MR) is 72.8 cm³/mol. The summed E-state index contributed by atoms with van der Waals surface area (Å²) < 4.78 is 41.6. The predicted octanol–water partition coefficient (Wildman–Crippen LogP) is 4.07. The molecular formula is C12H9BrF3N3O. The van der Waals surface area contributed by atoms with E-state index in [2.05, 4.69) is 31.0 Å². The first-order valence-electron chi connectivity index (χ1n) is 5.37. The Hall–Kier alpha value is -1.96. The van der Waals surface area contributed by atoms with Crippen molar-refractivity contribution in [3.8, 4) is 5.75 Å². The lowest BCUT2D eigenvalue weighted by Crippen LogP contribution is -2.18. The van der Waals surface area contributed by atoms with Crippen molar-refractivity contribution < 1.29 is 17.9 Å². The second-order valence-electron chi connectivity index (χ2n) is 3.78. The minimum Gasteiger partial charge on any atom is -0.404 e. The maximum absolute atomic E-state index is 12.4. The van der Waals surface area contributed by atoms with Gasteiger partial charge in [0.2, 0.25) is 0 Å². The molecule has 1 heterocycles. The molecule has 0 fully saturated rings. The summed E-state index contributed by atoms with van der Waals surface area (Å²) in [6.45, 7) is 0. The highest BCUT2D eigenvalue weighted by molar-refractivity contribution is 9.10. The van der Waals surface area contributed by atoms with Crippen molar-refractivity contribution in [2.75, 3.05) is 11.1 Å². The van der Waals surface area contributed by atoms with Crippen LogP contribution >= 0.6 is 15.9 Å². The van der Waals surface area contributed by atoms with Crippen molar-refractivity contribution >= 4 is 33.0 Å². The van der Waals surface area contributed by atoms with Gasteiger partial charge in [-0.15, -0.1) is 13.2 Å². The van der Waals surface area contributed by atoms with Gasteiger partial charge in [0.25, 0.3) is 0 Å². The molecule has 0 spiro atoms. The molecule has 0 saturated heterocycles. The molecule has 0 saturated carbocycles. The number of nitrogen functional groups attached to an aromatic ring is 1. The van der Waals surface area contributed by atoms with Crippen molar-refractivity contribution in [3.05, 3.63) is 41.1 Å². The van der Waals surface area contributed by atoms with Crippen molar-refractivity contribution in [1.29, 1.82) is 0 Å². The normalized spacial score (nSPS) is 11.2. The zero-order valence-electron chi connectivity index (χ0n) is 9.91. The van der Waals surface area contributed by atoms with Crippen LogP contribution in [0.15, 0.2) is 41.1 Å². The minimum absolute atomic E-state index is 0.142. The standard InChI is InChI=1S/C12H9BrF3N3O/c13-7-1-2-10(11(5-7)20-12(14,15)16)19-9-3-4-18-6-8(9)17/h1-6H,17H2,(H,18,19). The van der Waals surface area contributed by atoms with Gasteiger partial charge in [-0.25, -0.2) is 0 Å². The first-order valence-corrected chi connectivity index (χ1v) is 6.16. The number of anilines is 3. The Kier molecular flexibility index (Phi) is 4.03. The summed E-state index contributed by atoms with van der Waals surface area (Å²) in [5.74, 6) is -0.358. The highest BCUT2D eigenvalue weighted by atomic mass is 79.9. The number of alkyl halides is 3. The molecular weight excluding hydrogens is 339 g/mol. The number of nitrogens with zero attached hydrogens (tertiary/aromatic N) is 1. The Balaban J connectivity index is 2.34. The number of rotatable bonds is 3. The highest BCUT2D eigenvalue weighted by Crippen LogP contribution is 2.35. The van der Waals surface area contributed by atoms with Gasteiger partial charge in [0.05, 0.1) is 23.3 Å². The Morgan fingerprint density at radius 2 is 1.95 bits per heavy atom. The van der Waals surface area contributed by atoms with E-state index in [4.69, 9.17) is 5.73 Å². The van der Waals surface area contributed by atoms with Crippen LogP contribution in [0.5, 0.6) is 5.75 Å². The molecule has 1 aromatic carbocycles.